The number of amides is 1. The van der Waals surface area contributed by atoms with Gasteiger partial charge in [-0.25, -0.2) is 4.98 Å². The Balaban J connectivity index is 2.33. The fraction of sp³-hybridized carbons (Fsp3) is 0.0769. The van der Waals surface area contributed by atoms with Gasteiger partial charge in [-0.1, -0.05) is 46.4 Å². The molecule has 1 amide bonds. The van der Waals surface area contributed by atoms with Gasteiger partial charge in [0.15, 0.2) is 5.15 Å². The average Bonchev–Trinajstić information content (AvgIpc) is 2.33. The Morgan fingerprint density at radius 3 is 2.45 bits per heavy atom. The minimum absolute atomic E-state index is 0.119. The number of aryl methyl sites for hydroxylation is 1. The fourth-order valence-electron chi connectivity index (χ4n) is 1.60. The molecule has 0 fully saturated rings. The van der Waals surface area contributed by atoms with Gasteiger partial charge in [-0.3, -0.25) is 4.79 Å². The molecule has 0 bridgehead atoms. The summed E-state index contributed by atoms with van der Waals surface area (Å²) < 4.78 is 0. The minimum Gasteiger partial charge on any atom is -0.319 e. The van der Waals surface area contributed by atoms with E-state index in [9.17, 15) is 4.79 Å². The standard InChI is InChI=1S/C13H8Cl4N2O/c1-6-4-10(16)18-12(17)11(6)19-13(20)8-3-2-7(14)5-9(8)15/h2-5H,1H3,(H,19,20). The van der Waals surface area contributed by atoms with Gasteiger partial charge in [0, 0.05) is 5.02 Å². The number of hydrogen-bond acceptors (Lipinski definition) is 2. The van der Waals surface area contributed by atoms with E-state index in [-0.39, 0.29) is 15.3 Å². The maximum absolute atomic E-state index is 12.2. The molecule has 1 aromatic heterocycles. The van der Waals surface area contributed by atoms with Crippen molar-refractivity contribution in [3.8, 4) is 0 Å². The average molecular weight is 350 g/mol. The van der Waals surface area contributed by atoms with Crippen LogP contribution in [0.1, 0.15) is 15.9 Å². The topological polar surface area (TPSA) is 42.0 Å². The number of halogens is 4. The Labute approximate surface area is 135 Å². The van der Waals surface area contributed by atoms with E-state index < -0.39 is 5.91 Å². The van der Waals surface area contributed by atoms with E-state index >= 15 is 0 Å². The Kier molecular flexibility index (Phi) is 4.76. The molecule has 1 aromatic carbocycles. The molecule has 2 aromatic rings. The number of hydrogen-bond donors (Lipinski definition) is 1. The third kappa shape index (κ3) is 3.36. The Bertz CT molecular complexity index is 665. The first kappa shape index (κ1) is 15.4. The summed E-state index contributed by atoms with van der Waals surface area (Å²) in [6.45, 7) is 1.76. The number of anilines is 1. The third-order valence-electron chi connectivity index (χ3n) is 2.56. The number of pyridine rings is 1. The molecule has 104 valence electrons. The van der Waals surface area contributed by atoms with Crippen LogP contribution in [0.15, 0.2) is 24.3 Å². The molecule has 0 unspecified atom stereocenters. The van der Waals surface area contributed by atoms with Gasteiger partial charge in [-0.15, -0.1) is 0 Å². The molecule has 0 saturated heterocycles. The van der Waals surface area contributed by atoms with Gasteiger partial charge in [-0.05, 0) is 36.8 Å². The van der Waals surface area contributed by atoms with Crippen molar-refractivity contribution in [1.82, 2.24) is 4.98 Å². The molecule has 0 spiro atoms. The summed E-state index contributed by atoms with van der Waals surface area (Å²) in [5, 5.41) is 3.75. The van der Waals surface area contributed by atoms with Crippen molar-refractivity contribution >= 4 is 58.0 Å². The molecule has 0 atom stereocenters. The van der Waals surface area contributed by atoms with Crippen LogP contribution in [0.2, 0.25) is 20.4 Å². The predicted octanol–water partition coefficient (Wildman–Crippen LogP) is 5.26. The van der Waals surface area contributed by atoms with Gasteiger partial charge in [-0.2, -0.15) is 0 Å². The number of carbonyl (C=O) groups excluding carboxylic acids is 1. The number of nitrogens with one attached hydrogen (secondary N) is 1. The zero-order valence-corrected chi connectivity index (χ0v) is 13.2. The van der Waals surface area contributed by atoms with E-state index in [0.29, 0.717) is 21.8 Å². The van der Waals surface area contributed by atoms with E-state index in [4.69, 9.17) is 46.4 Å². The second-order valence-electron chi connectivity index (χ2n) is 4.01. The summed E-state index contributed by atoms with van der Waals surface area (Å²) in [6.07, 6.45) is 0. The molecule has 20 heavy (non-hydrogen) atoms. The van der Waals surface area contributed by atoms with E-state index in [0.717, 1.165) is 0 Å². The highest BCUT2D eigenvalue weighted by molar-refractivity contribution is 6.38. The Hall–Kier alpha value is -1.000. The normalized spacial score (nSPS) is 10.4. The van der Waals surface area contributed by atoms with Gasteiger partial charge in [0.25, 0.3) is 5.91 Å². The molecule has 3 nitrogen and oxygen atoms in total. The first-order valence-electron chi connectivity index (χ1n) is 5.47. The lowest BCUT2D eigenvalue weighted by Crippen LogP contribution is -2.14. The zero-order chi connectivity index (χ0) is 14.9. The van der Waals surface area contributed by atoms with Crippen molar-refractivity contribution in [2.75, 3.05) is 5.32 Å². The highest BCUT2D eigenvalue weighted by atomic mass is 35.5. The predicted molar refractivity (Wildman–Crippen MR) is 83.4 cm³/mol. The van der Waals surface area contributed by atoms with Crippen molar-refractivity contribution in [3.05, 3.63) is 55.7 Å². The number of carbonyl (C=O) groups is 1. The lowest BCUT2D eigenvalue weighted by molar-refractivity contribution is 0.102. The lowest BCUT2D eigenvalue weighted by Gasteiger charge is -2.11. The molecule has 0 aliphatic heterocycles. The van der Waals surface area contributed by atoms with E-state index in [2.05, 4.69) is 10.3 Å². The highest BCUT2D eigenvalue weighted by Gasteiger charge is 2.15. The molecule has 0 radical (unpaired) electrons. The summed E-state index contributed by atoms with van der Waals surface area (Å²) in [6, 6.07) is 6.21. The smallest absolute Gasteiger partial charge is 0.257 e. The molecule has 1 N–H and O–H groups in total. The number of rotatable bonds is 2. The van der Waals surface area contributed by atoms with Crippen molar-refractivity contribution in [1.29, 1.82) is 0 Å². The summed E-state index contributed by atoms with van der Waals surface area (Å²) in [4.78, 5) is 16.1. The van der Waals surface area contributed by atoms with Gasteiger partial charge < -0.3 is 5.32 Å². The molecular formula is C13H8Cl4N2O. The van der Waals surface area contributed by atoms with Crippen LogP contribution in [-0.2, 0) is 0 Å². The van der Waals surface area contributed by atoms with Gasteiger partial charge in [0.05, 0.1) is 16.3 Å². The van der Waals surface area contributed by atoms with Crippen LogP contribution in [0.25, 0.3) is 0 Å². The van der Waals surface area contributed by atoms with Crippen LogP contribution >= 0.6 is 46.4 Å². The van der Waals surface area contributed by atoms with Crippen LogP contribution in [0.3, 0.4) is 0 Å². The van der Waals surface area contributed by atoms with Gasteiger partial charge in [0.2, 0.25) is 0 Å². The maximum Gasteiger partial charge on any atom is 0.257 e. The second-order valence-corrected chi connectivity index (χ2v) is 5.59. The SMILES string of the molecule is Cc1cc(Cl)nc(Cl)c1NC(=O)c1ccc(Cl)cc1Cl. The molecule has 7 heteroatoms. The van der Waals surface area contributed by atoms with Gasteiger partial charge >= 0.3 is 0 Å². The summed E-state index contributed by atoms with van der Waals surface area (Å²) in [5.41, 5.74) is 1.39. The quantitative estimate of drug-likeness (QED) is 0.751. The van der Waals surface area contributed by atoms with Crippen molar-refractivity contribution in [2.24, 2.45) is 0 Å². The lowest BCUT2D eigenvalue weighted by atomic mass is 10.2. The Morgan fingerprint density at radius 2 is 1.85 bits per heavy atom. The monoisotopic (exact) mass is 348 g/mol. The summed E-state index contributed by atoms with van der Waals surface area (Å²) in [7, 11) is 0. The first-order valence-corrected chi connectivity index (χ1v) is 6.98. The van der Waals surface area contributed by atoms with Crippen LogP contribution in [0, 0.1) is 6.92 Å². The molecule has 0 aliphatic rings. The molecule has 0 saturated carbocycles. The molecule has 1 heterocycles. The Morgan fingerprint density at radius 1 is 1.15 bits per heavy atom. The number of aromatic nitrogens is 1. The number of nitrogens with zero attached hydrogens (tertiary/aromatic N) is 1. The largest absolute Gasteiger partial charge is 0.319 e. The van der Waals surface area contributed by atoms with Crippen molar-refractivity contribution in [3.63, 3.8) is 0 Å². The molecular weight excluding hydrogens is 342 g/mol. The van der Waals surface area contributed by atoms with E-state index in [1.807, 2.05) is 0 Å². The second kappa shape index (κ2) is 6.19. The summed E-state index contributed by atoms with van der Waals surface area (Å²) >= 11 is 23.5. The van der Waals surface area contributed by atoms with Crippen LogP contribution in [0.4, 0.5) is 5.69 Å². The fourth-order valence-corrected chi connectivity index (χ4v) is 2.67. The maximum atomic E-state index is 12.2. The van der Waals surface area contributed by atoms with E-state index in [1.54, 1.807) is 19.1 Å². The molecule has 0 aliphatic carbocycles. The molecule has 2 rings (SSSR count). The van der Waals surface area contributed by atoms with Crippen molar-refractivity contribution < 1.29 is 4.79 Å². The highest BCUT2D eigenvalue weighted by Crippen LogP contribution is 2.28. The first-order chi connectivity index (χ1) is 9.38. The summed E-state index contributed by atoms with van der Waals surface area (Å²) in [5.74, 6) is -0.402. The van der Waals surface area contributed by atoms with Crippen LogP contribution in [-0.4, -0.2) is 10.9 Å². The van der Waals surface area contributed by atoms with Crippen molar-refractivity contribution in [2.45, 2.75) is 6.92 Å². The minimum atomic E-state index is -0.402. The van der Waals surface area contributed by atoms with Gasteiger partial charge in [0.1, 0.15) is 5.15 Å². The van der Waals surface area contributed by atoms with E-state index in [1.165, 1.54) is 12.1 Å². The third-order valence-corrected chi connectivity index (χ3v) is 3.57. The van der Waals surface area contributed by atoms with Crippen LogP contribution in [0.5, 0.6) is 0 Å². The van der Waals surface area contributed by atoms with Crippen LogP contribution < -0.4 is 5.32 Å². The number of benzene rings is 1. The zero-order valence-electron chi connectivity index (χ0n) is 10.2.